The summed E-state index contributed by atoms with van der Waals surface area (Å²) in [6, 6.07) is 6.06. The summed E-state index contributed by atoms with van der Waals surface area (Å²) in [5.74, 6) is 3.12. The number of guanidine groups is 1. The van der Waals surface area contributed by atoms with Crippen LogP contribution in [0.3, 0.4) is 0 Å². The Balaban J connectivity index is 0.00000392. The summed E-state index contributed by atoms with van der Waals surface area (Å²) in [7, 11) is 3.32. The van der Waals surface area contributed by atoms with Crippen molar-refractivity contribution in [1.82, 2.24) is 15.5 Å². The second kappa shape index (κ2) is 13.9. The highest BCUT2D eigenvalue weighted by molar-refractivity contribution is 14.0. The predicted molar refractivity (Wildman–Crippen MR) is 127 cm³/mol. The van der Waals surface area contributed by atoms with Crippen LogP contribution in [0.1, 0.15) is 32.3 Å². The van der Waals surface area contributed by atoms with Gasteiger partial charge in [0.1, 0.15) is 0 Å². The van der Waals surface area contributed by atoms with E-state index in [1.165, 1.54) is 38.0 Å². The number of nitrogens with one attached hydrogen (secondary N) is 2. The molecule has 6 nitrogen and oxygen atoms in total. The van der Waals surface area contributed by atoms with E-state index in [1.54, 1.807) is 14.2 Å². The monoisotopic (exact) mass is 504 g/mol. The van der Waals surface area contributed by atoms with Crippen molar-refractivity contribution in [1.29, 1.82) is 0 Å². The zero-order valence-corrected chi connectivity index (χ0v) is 20.1. The summed E-state index contributed by atoms with van der Waals surface area (Å²) in [5.41, 5.74) is 1.21. The van der Waals surface area contributed by atoms with E-state index in [1.807, 2.05) is 12.1 Å². The molecule has 1 saturated heterocycles. The van der Waals surface area contributed by atoms with Crippen LogP contribution in [0.25, 0.3) is 0 Å². The molecule has 0 aromatic heterocycles. The number of rotatable bonds is 10. The average molecular weight is 504 g/mol. The fourth-order valence-electron chi connectivity index (χ4n) is 3.50. The second-order valence-corrected chi connectivity index (χ2v) is 7.04. The van der Waals surface area contributed by atoms with Gasteiger partial charge in [0.25, 0.3) is 0 Å². The molecular weight excluding hydrogens is 467 g/mol. The Hall–Kier alpha value is -1.22. The second-order valence-electron chi connectivity index (χ2n) is 7.04. The SMILES string of the molecule is CCCN1CCC(CN=C(NCC)NCCc2ccc(OC)c(OC)c2)C1.I. The Morgan fingerprint density at radius 3 is 2.64 bits per heavy atom. The molecule has 0 amide bonds. The lowest BCUT2D eigenvalue weighted by Crippen LogP contribution is -2.38. The first-order valence-corrected chi connectivity index (χ1v) is 10.2. The van der Waals surface area contributed by atoms with Crippen LogP contribution in [0.4, 0.5) is 0 Å². The van der Waals surface area contributed by atoms with Gasteiger partial charge >= 0.3 is 0 Å². The molecule has 1 aromatic carbocycles. The number of halogens is 1. The van der Waals surface area contributed by atoms with Gasteiger partial charge in [-0.1, -0.05) is 13.0 Å². The summed E-state index contributed by atoms with van der Waals surface area (Å²) < 4.78 is 10.7. The molecule has 0 aliphatic carbocycles. The Bertz CT molecular complexity index is 598. The summed E-state index contributed by atoms with van der Waals surface area (Å²) >= 11 is 0. The van der Waals surface area contributed by atoms with E-state index in [4.69, 9.17) is 14.5 Å². The van der Waals surface area contributed by atoms with Crippen LogP contribution in [-0.2, 0) is 6.42 Å². The predicted octanol–water partition coefficient (Wildman–Crippen LogP) is 3.15. The van der Waals surface area contributed by atoms with Crippen molar-refractivity contribution in [2.45, 2.75) is 33.1 Å². The summed E-state index contributed by atoms with van der Waals surface area (Å²) in [6.45, 7) is 10.6. The van der Waals surface area contributed by atoms with Crippen molar-refractivity contribution in [3.8, 4) is 11.5 Å². The number of hydrogen-bond acceptors (Lipinski definition) is 4. The number of hydrogen-bond donors (Lipinski definition) is 2. The van der Waals surface area contributed by atoms with Gasteiger partial charge in [0.05, 0.1) is 14.2 Å². The Labute approximate surface area is 187 Å². The van der Waals surface area contributed by atoms with Gasteiger partial charge < -0.3 is 25.0 Å². The molecule has 1 heterocycles. The molecular formula is C21H37IN4O2. The largest absolute Gasteiger partial charge is 0.493 e. The van der Waals surface area contributed by atoms with E-state index in [2.05, 4.69) is 35.4 Å². The maximum atomic E-state index is 5.38. The van der Waals surface area contributed by atoms with Gasteiger partial charge in [0, 0.05) is 26.2 Å². The van der Waals surface area contributed by atoms with Crippen molar-refractivity contribution >= 4 is 29.9 Å². The van der Waals surface area contributed by atoms with Gasteiger partial charge in [-0.3, -0.25) is 4.99 Å². The molecule has 1 atom stereocenters. The number of methoxy groups -OCH3 is 2. The van der Waals surface area contributed by atoms with Gasteiger partial charge in [-0.05, 0) is 62.9 Å². The number of likely N-dealkylation sites (tertiary alicyclic amines) is 1. The molecule has 1 fully saturated rings. The summed E-state index contributed by atoms with van der Waals surface area (Å²) in [6.07, 6.45) is 3.39. The molecule has 0 spiro atoms. The third kappa shape index (κ3) is 8.03. The molecule has 7 heteroatoms. The third-order valence-corrected chi connectivity index (χ3v) is 4.92. The van der Waals surface area contributed by atoms with Crippen LogP contribution in [0, 0.1) is 5.92 Å². The standard InChI is InChI=1S/C21H36N4O2.HI/c1-5-12-25-13-10-18(16-25)15-24-21(22-6-2)23-11-9-17-7-8-19(26-3)20(14-17)27-4;/h7-8,14,18H,5-6,9-13,15-16H2,1-4H3,(H2,22,23,24);1H. The van der Waals surface area contributed by atoms with E-state index >= 15 is 0 Å². The summed E-state index contributed by atoms with van der Waals surface area (Å²) in [5, 5.41) is 6.80. The average Bonchev–Trinajstić information content (AvgIpc) is 3.13. The topological polar surface area (TPSA) is 58.1 Å². The zero-order chi connectivity index (χ0) is 19.5. The smallest absolute Gasteiger partial charge is 0.191 e. The molecule has 160 valence electrons. The minimum Gasteiger partial charge on any atom is -0.493 e. The molecule has 0 bridgehead atoms. The Morgan fingerprint density at radius 1 is 1.18 bits per heavy atom. The highest BCUT2D eigenvalue weighted by Gasteiger charge is 2.21. The van der Waals surface area contributed by atoms with Crippen LogP contribution in [0.15, 0.2) is 23.2 Å². The van der Waals surface area contributed by atoms with Gasteiger partial charge in [-0.2, -0.15) is 0 Å². The van der Waals surface area contributed by atoms with Crippen molar-refractivity contribution in [3.63, 3.8) is 0 Å². The van der Waals surface area contributed by atoms with E-state index in [0.29, 0.717) is 5.92 Å². The minimum atomic E-state index is 0. The van der Waals surface area contributed by atoms with E-state index in [9.17, 15) is 0 Å². The molecule has 28 heavy (non-hydrogen) atoms. The fourth-order valence-corrected chi connectivity index (χ4v) is 3.50. The van der Waals surface area contributed by atoms with Crippen LogP contribution >= 0.6 is 24.0 Å². The van der Waals surface area contributed by atoms with Gasteiger partial charge in [-0.15, -0.1) is 24.0 Å². The quantitative estimate of drug-likeness (QED) is 0.291. The first-order valence-electron chi connectivity index (χ1n) is 10.2. The summed E-state index contributed by atoms with van der Waals surface area (Å²) in [4.78, 5) is 7.36. The molecule has 2 N–H and O–H groups in total. The third-order valence-electron chi connectivity index (χ3n) is 4.92. The lowest BCUT2D eigenvalue weighted by Gasteiger charge is -2.15. The van der Waals surface area contributed by atoms with Crippen LogP contribution in [0.2, 0.25) is 0 Å². The Kier molecular flexibility index (Phi) is 12.3. The van der Waals surface area contributed by atoms with Crippen LogP contribution in [0.5, 0.6) is 11.5 Å². The lowest BCUT2D eigenvalue weighted by atomic mass is 10.1. The highest BCUT2D eigenvalue weighted by Crippen LogP contribution is 2.27. The minimum absolute atomic E-state index is 0. The molecule has 1 aliphatic heterocycles. The first kappa shape index (κ1) is 24.8. The Morgan fingerprint density at radius 2 is 1.96 bits per heavy atom. The van der Waals surface area contributed by atoms with Gasteiger partial charge in [0.2, 0.25) is 0 Å². The lowest BCUT2D eigenvalue weighted by molar-refractivity contribution is 0.326. The number of benzene rings is 1. The maximum absolute atomic E-state index is 5.38. The molecule has 2 rings (SSSR count). The molecule has 1 aromatic rings. The molecule has 1 unspecified atom stereocenters. The van der Waals surface area contributed by atoms with Crippen LogP contribution in [-0.4, -0.2) is 64.3 Å². The van der Waals surface area contributed by atoms with E-state index in [0.717, 1.165) is 43.5 Å². The number of nitrogens with zero attached hydrogens (tertiary/aromatic N) is 2. The van der Waals surface area contributed by atoms with Crippen molar-refractivity contribution in [2.24, 2.45) is 10.9 Å². The fraction of sp³-hybridized carbons (Fsp3) is 0.667. The van der Waals surface area contributed by atoms with Gasteiger partial charge in [0.15, 0.2) is 17.5 Å². The first-order chi connectivity index (χ1) is 13.2. The highest BCUT2D eigenvalue weighted by atomic mass is 127. The molecule has 1 aliphatic rings. The number of aliphatic imine (C=N–C) groups is 1. The van der Waals surface area contributed by atoms with Crippen molar-refractivity contribution in [2.75, 3.05) is 53.5 Å². The van der Waals surface area contributed by atoms with E-state index in [-0.39, 0.29) is 24.0 Å². The number of ether oxygens (including phenoxy) is 2. The van der Waals surface area contributed by atoms with Crippen molar-refractivity contribution < 1.29 is 9.47 Å². The molecule has 0 radical (unpaired) electrons. The van der Waals surface area contributed by atoms with Gasteiger partial charge in [-0.25, -0.2) is 0 Å². The van der Waals surface area contributed by atoms with Crippen LogP contribution < -0.4 is 20.1 Å². The maximum Gasteiger partial charge on any atom is 0.191 e. The van der Waals surface area contributed by atoms with E-state index < -0.39 is 0 Å². The zero-order valence-electron chi connectivity index (χ0n) is 17.8. The normalized spacial score (nSPS) is 17.1. The van der Waals surface area contributed by atoms with Crippen molar-refractivity contribution in [3.05, 3.63) is 23.8 Å². The molecule has 0 saturated carbocycles.